The van der Waals surface area contributed by atoms with Crippen molar-refractivity contribution in [2.45, 2.75) is 6.54 Å². The summed E-state index contributed by atoms with van der Waals surface area (Å²) in [4.78, 5) is 24.3. The maximum absolute atomic E-state index is 13.5. The van der Waals surface area contributed by atoms with Gasteiger partial charge in [0, 0.05) is 5.39 Å². The Balaban J connectivity index is 1.59. The van der Waals surface area contributed by atoms with Gasteiger partial charge in [0.1, 0.15) is 12.4 Å². The van der Waals surface area contributed by atoms with Crippen molar-refractivity contribution in [3.8, 4) is 0 Å². The number of fused-ring (bicyclic) bond motifs is 1. The van der Waals surface area contributed by atoms with E-state index in [0.29, 0.717) is 10.8 Å². The van der Waals surface area contributed by atoms with Crippen LogP contribution in [0, 0.1) is 5.82 Å². The molecule has 0 saturated heterocycles. The van der Waals surface area contributed by atoms with Gasteiger partial charge in [-0.15, -0.1) is 0 Å². The van der Waals surface area contributed by atoms with Crippen molar-refractivity contribution in [3.63, 3.8) is 0 Å². The lowest BCUT2D eigenvalue weighted by Crippen LogP contribution is -2.46. The van der Waals surface area contributed by atoms with Crippen LogP contribution in [0.5, 0.6) is 0 Å². The average Bonchev–Trinajstić information content (AvgIpc) is 2.64. The van der Waals surface area contributed by atoms with Gasteiger partial charge in [0.05, 0.1) is 17.3 Å². The van der Waals surface area contributed by atoms with Gasteiger partial charge in [-0.1, -0.05) is 30.3 Å². The number of halogens is 1. The number of nitrogens with zero attached hydrogens (tertiary/aromatic N) is 2. The Labute approximate surface area is 152 Å². The second-order valence-electron chi connectivity index (χ2n) is 5.30. The van der Waals surface area contributed by atoms with Crippen LogP contribution in [0.1, 0.15) is 0 Å². The number of aromatic nitrogens is 2. The van der Waals surface area contributed by atoms with Crippen LogP contribution in [0.15, 0.2) is 59.5 Å². The Morgan fingerprint density at radius 3 is 2.65 bits per heavy atom. The molecule has 0 radical (unpaired) electrons. The molecule has 3 rings (SSSR count). The Morgan fingerprint density at radius 2 is 1.85 bits per heavy atom. The van der Waals surface area contributed by atoms with Crippen LogP contribution in [0.3, 0.4) is 0 Å². The molecule has 26 heavy (non-hydrogen) atoms. The third-order valence-electron chi connectivity index (χ3n) is 3.49. The maximum atomic E-state index is 13.5. The molecule has 0 fully saturated rings. The number of carbonyl (C=O) groups excluding carboxylic acids is 1. The van der Waals surface area contributed by atoms with Crippen LogP contribution in [-0.2, 0) is 11.3 Å². The minimum absolute atomic E-state index is 0.00210. The van der Waals surface area contributed by atoms with Gasteiger partial charge in [0.25, 0.3) is 11.5 Å². The number of hydrogen-bond donors (Lipinski definition) is 3. The number of para-hydroxylation sites is 1. The van der Waals surface area contributed by atoms with Crippen LogP contribution in [0.25, 0.3) is 10.8 Å². The number of nitrogens with one attached hydrogen (secondary N) is 3. The minimum atomic E-state index is -0.535. The zero-order chi connectivity index (χ0) is 18.5. The van der Waals surface area contributed by atoms with Crippen molar-refractivity contribution in [2.24, 2.45) is 0 Å². The van der Waals surface area contributed by atoms with Gasteiger partial charge in [-0.2, -0.15) is 5.10 Å². The molecular weight excluding hydrogens is 357 g/mol. The van der Waals surface area contributed by atoms with Crippen molar-refractivity contribution < 1.29 is 9.18 Å². The molecule has 0 unspecified atom stereocenters. The molecule has 3 N–H and O–H groups in total. The van der Waals surface area contributed by atoms with E-state index in [1.807, 2.05) is 0 Å². The summed E-state index contributed by atoms with van der Waals surface area (Å²) in [5.74, 6) is -1.01. The quantitative estimate of drug-likeness (QED) is 0.478. The van der Waals surface area contributed by atoms with E-state index >= 15 is 0 Å². The Morgan fingerprint density at radius 1 is 1.12 bits per heavy atom. The summed E-state index contributed by atoms with van der Waals surface area (Å²) in [7, 11) is 0. The summed E-state index contributed by atoms with van der Waals surface area (Å²) in [5.41, 5.74) is 4.58. The molecule has 1 heterocycles. The van der Waals surface area contributed by atoms with E-state index in [9.17, 15) is 14.0 Å². The molecule has 3 aromatic rings. The van der Waals surface area contributed by atoms with Crippen LogP contribution < -0.4 is 21.7 Å². The number of thiocarbonyl (C=S) groups is 1. The molecule has 0 aliphatic heterocycles. The van der Waals surface area contributed by atoms with Crippen molar-refractivity contribution in [1.82, 2.24) is 20.6 Å². The van der Waals surface area contributed by atoms with Crippen molar-refractivity contribution in [2.75, 3.05) is 5.32 Å². The zero-order valence-electron chi connectivity index (χ0n) is 13.4. The van der Waals surface area contributed by atoms with Gasteiger partial charge in [0.2, 0.25) is 0 Å². The molecule has 2 aromatic carbocycles. The molecule has 0 bridgehead atoms. The summed E-state index contributed by atoms with van der Waals surface area (Å²) in [6, 6.07) is 12.9. The standard InChI is InChI=1S/C17H14FN5O2S/c18-13-7-3-4-8-14(13)20-17(26)22-21-15(24)10-23-16(25)12-6-2-1-5-11(12)9-19-23/h1-9H,10H2,(H,21,24)(H2,20,22,26). The number of benzene rings is 2. The summed E-state index contributed by atoms with van der Waals surface area (Å²) < 4.78 is 14.6. The molecule has 1 aromatic heterocycles. The fraction of sp³-hybridized carbons (Fsp3) is 0.0588. The first-order chi connectivity index (χ1) is 12.5. The highest BCUT2D eigenvalue weighted by molar-refractivity contribution is 7.80. The predicted molar refractivity (Wildman–Crippen MR) is 99.9 cm³/mol. The van der Waals surface area contributed by atoms with Crippen molar-refractivity contribution in [3.05, 3.63) is 70.9 Å². The van der Waals surface area contributed by atoms with Crippen LogP contribution in [-0.4, -0.2) is 20.8 Å². The van der Waals surface area contributed by atoms with E-state index in [2.05, 4.69) is 21.3 Å². The highest BCUT2D eigenvalue weighted by atomic mass is 32.1. The van der Waals surface area contributed by atoms with E-state index in [1.54, 1.807) is 36.4 Å². The minimum Gasteiger partial charge on any atom is -0.329 e. The molecule has 0 saturated carbocycles. The van der Waals surface area contributed by atoms with Crippen molar-refractivity contribution >= 4 is 39.7 Å². The predicted octanol–water partition coefficient (Wildman–Crippen LogP) is 1.55. The molecule has 9 heteroatoms. The summed E-state index contributed by atoms with van der Waals surface area (Å²) in [5, 5.41) is 7.75. The van der Waals surface area contributed by atoms with Gasteiger partial charge in [-0.25, -0.2) is 9.07 Å². The summed E-state index contributed by atoms with van der Waals surface area (Å²) >= 11 is 4.98. The number of anilines is 1. The van der Waals surface area contributed by atoms with Gasteiger partial charge >= 0.3 is 0 Å². The zero-order valence-corrected chi connectivity index (χ0v) is 14.2. The van der Waals surface area contributed by atoms with E-state index < -0.39 is 11.7 Å². The molecular formula is C17H14FN5O2S. The first-order valence-corrected chi connectivity index (χ1v) is 8.00. The van der Waals surface area contributed by atoms with E-state index in [0.717, 1.165) is 4.68 Å². The van der Waals surface area contributed by atoms with Crippen LogP contribution in [0.2, 0.25) is 0 Å². The van der Waals surface area contributed by atoms with E-state index in [-0.39, 0.29) is 22.9 Å². The molecule has 0 aliphatic carbocycles. The molecule has 1 amide bonds. The summed E-state index contributed by atoms with van der Waals surface area (Å²) in [6.45, 7) is -0.293. The lowest BCUT2D eigenvalue weighted by Gasteiger charge is -2.12. The highest BCUT2D eigenvalue weighted by Gasteiger charge is 2.09. The van der Waals surface area contributed by atoms with E-state index in [4.69, 9.17) is 12.2 Å². The molecule has 0 spiro atoms. The molecule has 132 valence electrons. The first kappa shape index (κ1) is 17.5. The topological polar surface area (TPSA) is 88.0 Å². The third kappa shape index (κ3) is 4.01. The average molecular weight is 371 g/mol. The molecule has 0 aliphatic rings. The molecule has 7 nitrogen and oxygen atoms in total. The Bertz CT molecular complexity index is 1040. The second kappa shape index (κ2) is 7.70. The number of hydrogen-bond acceptors (Lipinski definition) is 4. The third-order valence-corrected chi connectivity index (χ3v) is 3.70. The largest absolute Gasteiger partial charge is 0.329 e. The molecule has 0 atom stereocenters. The van der Waals surface area contributed by atoms with Gasteiger partial charge in [-0.3, -0.25) is 20.4 Å². The van der Waals surface area contributed by atoms with Crippen LogP contribution >= 0.6 is 12.2 Å². The summed E-state index contributed by atoms with van der Waals surface area (Å²) in [6.07, 6.45) is 1.52. The Kier molecular flexibility index (Phi) is 5.18. The van der Waals surface area contributed by atoms with Crippen LogP contribution in [0.4, 0.5) is 10.1 Å². The fourth-order valence-electron chi connectivity index (χ4n) is 2.26. The first-order valence-electron chi connectivity index (χ1n) is 7.60. The monoisotopic (exact) mass is 371 g/mol. The van der Waals surface area contributed by atoms with Gasteiger partial charge in [0.15, 0.2) is 5.11 Å². The number of rotatable bonds is 3. The highest BCUT2D eigenvalue weighted by Crippen LogP contribution is 2.11. The number of hydrazine groups is 1. The SMILES string of the molecule is O=C(Cn1ncc2ccccc2c1=O)NNC(=S)Nc1ccccc1F. The normalized spacial score (nSPS) is 10.3. The van der Waals surface area contributed by atoms with E-state index in [1.165, 1.54) is 18.3 Å². The number of amides is 1. The second-order valence-corrected chi connectivity index (χ2v) is 5.71. The fourth-order valence-corrected chi connectivity index (χ4v) is 2.42. The van der Waals surface area contributed by atoms with Gasteiger partial charge < -0.3 is 5.32 Å². The number of carbonyl (C=O) groups is 1. The smallest absolute Gasteiger partial charge is 0.275 e. The Hall–Kier alpha value is -3.33. The lowest BCUT2D eigenvalue weighted by molar-refractivity contribution is -0.122. The maximum Gasteiger partial charge on any atom is 0.275 e. The van der Waals surface area contributed by atoms with Crippen molar-refractivity contribution in [1.29, 1.82) is 0 Å². The lowest BCUT2D eigenvalue weighted by atomic mass is 10.2. The van der Waals surface area contributed by atoms with Gasteiger partial charge in [-0.05, 0) is 30.4 Å².